The zero-order valence-electron chi connectivity index (χ0n) is 12.2. The highest BCUT2D eigenvalue weighted by atomic mass is 16.6. The van der Waals surface area contributed by atoms with Crippen LogP contribution < -0.4 is 0 Å². The van der Waals surface area contributed by atoms with E-state index < -0.39 is 17.8 Å². The molecule has 20 heavy (non-hydrogen) atoms. The van der Waals surface area contributed by atoms with Crippen molar-refractivity contribution in [2.45, 2.75) is 44.9 Å². The van der Waals surface area contributed by atoms with E-state index in [2.05, 4.69) is 0 Å². The van der Waals surface area contributed by atoms with Gasteiger partial charge in [-0.25, -0.2) is 9.59 Å². The Bertz CT molecular complexity index is 393. The van der Waals surface area contributed by atoms with E-state index in [1.807, 2.05) is 0 Å². The molecule has 0 bridgehead atoms. The van der Waals surface area contributed by atoms with Crippen molar-refractivity contribution in [1.82, 2.24) is 9.80 Å². The van der Waals surface area contributed by atoms with Gasteiger partial charge < -0.3 is 19.5 Å². The number of likely N-dealkylation sites (tertiary alicyclic amines) is 1. The van der Waals surface area contributed by atoms with Crippen LogP contribution in [0.4, 0.5) is 9.59 Å². The standard InChI is InChI=1S/C13H22N2O5/c1-13(2,3)20-11(17)14-5-4-9(10(16)8-14)15-6-7-19-12(15)18/h9-10,16H,4-8H2,1-3H3. The van der Waals surface area contributed by atoms with E-state index in [4.69, 9.17) is 9.47 Å². The summed E-state index contributed by atoms with van der Waals surface area (Å²) in [4.78, 5) is 26.5. The number of piperidine rings is 1. The summed E-state index contributed by atoms with van der Waals surface area (Å²) in [5, 5.41) is 10.2. The Morgan fingerprint density at radius 3 is 2.60 bits per heavy atom. The maximum atomic E-state index is 11.9. The predicted octanol–water partition coefficient (Wildman–Crippen LogP) is 0.809. The van der Waals surface area contributed by atoms with Gasteiger partial charge in [-0.3, -0.25) is 4.90 Å². The lowest BCUT2D eigenvalue weighted by atomic mass is 10.0. The lowest BCUT2D eigenvalue weighted by Gasteiger charge is -2.39. The molecule has 2 atom stereocenters. The zero-order chi connectivity index (χ0) is 14.9. The SMILES string of the molecule is CC(C)(C)OC(=O)N1CCC(N2CCOC2=O)C(O)C1. The van der Waals surface area contributed by atoms with Crippen molar-refractivity contribution in [3.8, 4) is 0 Å². The third kappa shape index (κ3) is 3.33. The maximum Gasteiger partial charge on any atom is 0.410 e. The molecule has 0 saturated carbocycles. The molecule has 2 rings (SSSR count). The fourth-order valence-corrected chi connectivity index (χ4v) is 2.48. The predicted molar refractivity (Wildman–Crippen MR) is 70.3 cm³/mol. The van der Waals surface area contributed by atoms with Gasteiger partial charge in [0, 0.05) is 6.54 Å². The van der Waals surface area contributed by atoms with Gasteiger partial charge in [0.1, 0.15) is 12.2 Å². The number of β-amino-alcohol motifs (C(OH)–C–C–N with tert-alkyl or cyclic N) is 1. The Morgan fingerprint density at radius 1 is 1.40 bits per heavy atom. The minimum Gasteiger partial charge on any atom is -0.448 e. The molecule has 7 nitrogen and oxygen atoms in total. The fourth-order valence-electron chi connectivity index (χ4n) is 2.48. The Balaban J connectivity index is 1.92. The first-order chi connectivity index (χ1) is 9.28. The van der Waals surface area contributed by atoms with Crippen LogP contribution in [0.2, 0.25) is 0 Å². The van der Waals surface area contributed by atoms with Crippen molar-refractivity contribution in [1.29, 1.82) is 0 Å². The van der Waals surface area contributed by atoms with Gasteiger partial charge in [-0.05, 0) is 27.2 Å². The maximum absolute atomic E-state index is 11.9. The van der Waals surface area contributed by atoms with Crippen LogP contribution in [0.25, 0.3) is 0 Å². The topological polar surface area (TPSA) is 79.3 Å². The van der Waals surface area contributed by atoms with Gasteiger partial charge in [0.2, 0.25) is 0 Å². The van der Waals surface area contributed by atoms with E-state index >= 15 is 0 Å². The summed E-state index contributed by atoms with van der Waals surface area (Å²) in [6.07, 6.45) is -1.07. The van der Waals surface area contributed by atoms with Crippen LogP contribution in [0, 0.1) is 0 Å². The number of carbonyl (C=O) groups is 2. The average molecular weight is 286 g/mol. The van der Waals surface area contributed by atoms with Crippen molar-refractivity contribution in [2.24, 2.45) is 0 Å². The molecular weight excluding hydrogens is 264 g/mol. The molecular formula is C13H22N2O5. The Hall–Kier alpha value is -1.50. The van der Waals surface area contributed by atoms with Crippen LogP contribution >= 0.6 is 0 Å². The smallest absolute Gasteiger partial charge is 0.410 e. The van der Waals surface area contributed by atoms with Gasteiger partial charge in [0.15, 0.2) is 0 Å². The van der Waals surface area contributed by atoms with E-state index in [1.54, 1.807) is 20.8 Å². The number of hydrogen-bond acceptors (Lipinski definition) is 5. The molecule has 0 spiro atoms. The first-order valence-electron chi connectivity index (χ1n) is 6.87. The molecule has 2 fully saturated rings. The van der Waals surface area contributed by atoms with E-state index in [0.717, 1.165) is 0 Å². The normalized spacial score (nSPS) is 27.5. The number of carbonyl (C=O) groups excluding carboxylic acids is 2. The van der Waals surface area contributed by atoms with Gasteiger partial charge in [-0.2, -0.15) is 0 Å². The summed E-state index contributed by atoms with van der Waals surface area (Å²) in [6.45, 7) is 6.88. The molecule has 0 aliphatic carbocycles. The average Bonchev–Trinajstić information content (AvgIpc) is 2.73. The second-order valence-corrected chi connectivity index (χ2v) is 6.16. The molecule has 2 aliphatic heterocycles. The second kappa shape index (κ2) is 5.47. The van der Waals surface area contributed by atoms with Crippen molar-refractivity contribution >= 4 is 12.2 Å². The van der Waals surface area contributed by atoms with Crippen molar-refractivity contribution < 1.29 is 24.2 Å². The Labute approximate surface area is 118 Å². The molecule has 114 valence electrons. The number of rotatable bonds is 1. The van der Waals surface area contributed by atoms with Crippen LogP contribution in [0.3, 0.4) is 0 Å². The number of hydrogen-bond donors (Lipinski definition) is 1. The lowest BCUT2D eigenvalue weighted by Crippen LogP contribution is -2.56. The second-order valence-electron chi connectivity index (χ2n) is 6.16. The highest BCUT2D eigenvalue weighted by Gasteiger charge is 2.39. The molecule has 0 aromatic carbocycles. The molecule has 2 heterocycles. The van der Waals surface area contributed by atoms with Gasteiger partial charge in [0.05, 0.1) is 25.2 Å². The molecule has 2 unspecified atom stereocenters. The van der Waals surface area contributed by atoms with Gasteiger partial charge in [-0.1, -0.05) is 0 Å². The first-order valence-corrected chi connectivity index (χ1v) is 6.87. The molecule has 2 aliphatic rings. The number of aliphatic hydroxyl groups is 1. The van der Waals surface area contributed by atoms with E-state index in [0.29, 0.717) is 26.1 Å². The zero-order valence-corrected chi connectivity index (χ0v) is 12.2. The van der Waals surface area contributed by atoms with Crippen LogP contribution in [-0.2, 0) is 9.47 Å². The van der Waals surface area contributed by atoms with Gasteiger partial charge >= 0.3 is 12.2 Å². The monoisotopic (exact) mass is 286 g/mol. The van der Waals surface area contributed by atoms with Crippen LogP contribution in [0.1, 0.15) is 27.2 Å². The first kappa shape index (κ1) is 14.9. The summed E-state index contributed by atoms with van der Waals surface area (Å²) in [5.74, 6) is 0. The minimum absolute atomic E-state index is 0.170. The Morgan fingerprint density at radius 2 is 2.10 bits per heavy atom. The molecule has 7 heteroatoms. The summed E-state index contributed by atoms with van der Waals surface area (Å²) in [5.41, 5.74) is -0.558. The highest BCUT2D eigenvalue weighted by molar-refractivity contribution is 5.70. The summed E-state index contributed by atoms with van der Waals surface area (Å²) in [7, 11) is 0. The number of ether oxygens (including phenoxy) is 2. The molecule has 0 aromatic heterocycles. The molecule has 1 N–H and O–H groups in total. The fraction of sp³-hybridized carbons (Fsp3) is 0.846. The molecule has 0 radical (unpaired) electrons. The van der Waals surface area contributed by atoms with E-state index in [1.165, 1.54) is 9.80 Å². The van der Waals surface area contributed by atoms with Crippen LogP contribution in [-0.4, -0.2) is 71.1 Å². The van der Waals surface area contributed by atoms with Crippen molar-refractivity contribution in [2.75, 3.05) is 26.2 Å². The van der Waals surface area contributed by atoms with Crippen molar-refractivity contribution in [3.63, 3.8) is 0 Å². The summed E-state index contributed by atoms with van der Waals surface area (Å²) < 4.78 is 10.2. The third-order valence-electron chi connectivity index (χ3n) is 3.39. The minimum atomic E-state index is -0.776. The third-order valence-corrected chi connectivity index (χ3v) is 3.39. The van der Waals surface area contributed by atoms with E-state index in [-0.39, 0.29) is 18.7 Å². The number of nitrogens with zero attached hydrogens (tertiary/aromatic N) is 2. The number of amides is 2. The number of aliphatic hydroxyl groups excluding tert-OH is 1. The quantitative estimate of drug-likeness (QED) is 0.771. The highest BCUT2D eigenvalue weighted by Crippen LogP contribution is 2.22. The largest absolute Gasteiger partial charge is 0.448 e. The van der Waals surface area contributed by atoms with Gasteiger partial charge in [0.25, 0.3) is 0 Å². The summed E-state index contributed by atoms with van der Waals surface area (Å²) in [6, 6.07) is -0.288. The Kier molecular flexibility index (Phi) is 4.08. The van der Waals surface area contributed by atoms with E-state index in [9.17, 15) is 14.7 Å². The van der Waals surface area contributed by atoms with Crippen molar-refractivity contribution in [3.05, 3.63) is 0 Å². The molecule has 0 aromatic rings. The number of cyclic esters (lactones) is 1. The molecule has 2 saturated heterocycles. The van der Waals surface area contributed by atoms with Gasteiger partial charge in [-0.15, -0.1) is 0 Å². The summed E-state index contributed by atoms with van der Waals surface area (Å²) >= 11 is 0. The molecule has 2 amide bonds. The van der Waals surface area contributed by atoms with Crippen LogP contribution in [0.5, 0.6) is 0 Å². The lowest BCUT2D eigenvalue weighted by molar-refractivity contribution is -0.0190. The van der Waals surface area contributed by atoms with Crippen LogP contribution in [0.15, 0.2) is 0 Å².